The van der Waals surface area contributed by atoms with Gasteiger partial charge in [0, 0.05) is 17.3 Å². The van der Waals surface area contributed by atoms with Gasteiger partial charge in [-0.15, -0.1) is 0 Å². The number of rotatable bonds is 3. The van der Waals surface area contributed by atoms with Gasteiger partial charge in [0.25, 0.3) is 5.56 Å². The lowest BCUT2D eigenvalue weighted by atomic mass is 10.1. The number of hydrogen-bond donors (Lipinski definition) is 2. The molecule has 98 valence electrons. The molecular formula is C13H13N3O3. The molecule has 0 aliphatic carbocycles. The zero-order valence-electron chi connectivity index (χ0n) is 10.3. The number of aromatic nitrogens is 2. The van der Waals surface area contributed by atoms with Gasteiger partial charge in [-0.25, -0.2) is 4.79 Å². The Balaban J connectivity index is 2.48. The Kier molecular flexibility index (Phi) is 3.33. The van der Waals surface area contributed by atoms with Crippen molar-refractivity contribution in [3.05, 3.63) is 68.0 Å². The fraction of sp³-hybridized carbons (Fsp3) is 0.154. The highest BCUT2D eigenvalue weighted by Crippen LogP contribution is 2.09. The number of H-pyrrole nitrogens is 1. The maximum absolute atomic E-state index is 11.7. The maximum Gasteiger partial charge on any atom is 0.328 e. The molecule has 0 unspecified atom stereocenters. The minimum atomic E-state index is -0.551. The van der Waals surface area contributed by atoms with Crippen LogP contribution in [0.2, 0.25) is 0 Å². The van der Waals surface area contributed by atoms with E-state index in [9.17, 15) is 14.4 Å². The van der Waals surface area contributed by atoms with Crippen molar-refractivity contribution in [2.45, 2.75) is 13.5 Å². The molecule has 0 atom stereocenters. The minimum absolute atomic E-state index is 0.176. The molecule has 0 fully saturated rings. The van der Waals surface area contributed by atoms with Crippen LogP contribution in [-0.4, -0.2) is 15.5 Å². The molecule has 0 aliphatic rings. The van der Waals surface area contributed by atoms with E-state index in [0.717, 1.165) is 0 Å². The van der Waals surface area contributed by atoms with Gasteiger partial charge < -0.3 is 5.73 Å². The van der Waals surface area contributed by atoms with Crippen molar-refractivity contribution in [3.63, 3.8) is 0 Å². The summed E-state index contributed by atoms with van der Waals surface area (Å²) in [6.45, 7) is 1.78. The van der Waals surface area contributed by atoms with E-state index in [0.29, 0.717) is 16.7 Å². The van der Waals surface area contributed by atoms with Crippen LogP contribution in [0.1, 0.15) is 21.5 Å². The van der Waals surface area contributed by atoms with Gasteiger partial charge in [0.2, 0.25) is 5.91 Å². The van der Waals surface area contributed by atoms with Gasteiger partial charge in [0.1, 0.15) is 0 Å². The molecule has 0 saturated heterocycles. The first-order valence-corrected chi connectivity index (χ1v) is 5.67. The summed E-state index contributed by atoms with van der Waals surface area (Å²) in [5.74, 6) is -0.551. The van der Waals surface area contributed by atoms with Crippen LogP contribution in [0.5, 0.6) is 0 Å². The average Bonchev–Trinajstić information content (AvgIpc) is 2.36. The molecule has 1 heterocycles. The second-order valence-electron chi connectivity index (χ2n) is 4.22. The summed E-state index contributed by atoms with van der Waals surface area (Å²) >= 11 is 0. The third-order valence-corrected chi connectivity index (χ3v) is 2.81. The van der Waals surface area contributed by atoms with Gasteiger partial charge in [0.15, 0.2) is 0 Å². The van der Waals surface area contributed by atoms with Gasteiger partial charge in [-0.05, 0) is 18.6 Å². The molecule has 2 rings (SSSR count). The van der Waals surface area contributed by atoms with E-state index in [1.807, 2.05) is 0 Å². The van der Waals surface area contributed by atoms with Crippen molar-refractivity contribution < 1.29 is 4.79 Å². The van der Waals surface area contributed by atoms with E-state index >= 15 is 0 Å². The highest BCUT2D eigenvalue weighted by Gasteiger charge is 2.09. The van der Waals surface area contributed by atoms with Crippen molar-refractivity contribution in [2.24, 2.45) is 5.73 Å². The third kappa shape index (κ3) is 2.62. The first-order valence-electron chi connectivity index (χ1n) is 5.67. The number of benzene rings is 1. The van der Waals surface area contributed by atoms with Crippen LogP contribution in [0.15, 0.2) is 40.1 Å². The quantitative estimate of drug-likeness (QED) is 0.811. The second-order valence-corrected chi connectivity index (χ2v) is 4.22. The minimum Gasteiger partial charge on any atom is -0.366 e. The molecule has 19 heavy (non-hydrogen) atoms. The summed E-state index contributed by atoms with van der Waals surface area (Å²) in [5.41, 5.74) is 5.76. The van der Waals surface area contributed by atoms with E-state index < -0.39 is 17.2 Å². The molecule has 0 spiro atoms. The molecule has 2 aromatic rings. The monoisotopic (exact) mass is 259 g/mol. The van der Waals surface area contributed by atoms with Crippen molar-refractivity contribution in [1.29, 1.82) is 0 Å². The normalized spacial score (nSPS) is 10.4. The summed E-state index contributed by atoms with van der Waals surface area (Å²) in [5, 5.41) is 0. The molecule has 0 bridgehead atoms. The Hall–Kier alpha value is -2.63. The zero-order chi connectivity index (χ0) is 14.0. The summed E-state index contributed by atoms with van der Waals surface area (Å²) < 4.78 is 1.33. The van der Waals surface area contributed by atoms with Crippen molar-refractivity contribution in [2.75, 3.05) is 0 Å². The number of primary amides is 1. The Labute approximate surface area is 108 Å². The van der Waals surface area contributed by atoms with Crippen LogP contribution >= 0.6 is 0 Å². The molecular weight excluding hydrogens is 246 g/mol. The lowest BCUT2D eigenvalue weighted by Gasteiger charge is -2.09. The Morgan fingerprint density at radius 2 is 2.00 bits per heavy atom. The lowest BCUT2D eigenvalue weighted by Crippen LogP contribution is -2.31. The highest BCUT2D eigenvalue weighted by molar-refractivity contribution is 5.94. The van der Waals surface area contributed by atoms with E-state index in [1.165, 1.54) is 10.8 Å². The molecule has 6 heteroatoms. The van der Waals surface area contributed by atoms with Crippen molar-refractivity contribution in [1.82, 2.24) is 9.55 Å². The third-order valence-electron chi connectivity index (χ3n) is 2.81. The SMILES string of the molecule is Cc1cn(Cc2ccccc2C(N)=O)c(=O)[nH]c1=O. The molecule has 1 amide bonds. The smallest absolute Gasteiger partial charge is 0.328 e. The second kappa shape index (κ2) is 4.93. The first kappa shape index (κ1) is 12.8. The lowest BCUT2D eigenvalue weighted by molar-refractivity contribution is 0.0999. The van der Waals surface area contributed by atoms with Gasteiger partial charge in [-0.2, -0.15) is 0 Å². The van der Waals surface area contributed by atoms with E-state index in [2.05, 4.69) is 4.98 Å². The van der Waals surface area contributed by atoms with Crippen LogP contribution < -0.4 is 17.0 Å². The number of nitrogens with two attached hydrogens (primary N) is 1. The number of amides is 1. The molecule has 0 aliphatic heterocycles. The number of aryl methyl sites for hydroxylation is 1. The standard InChI is InChI=1S/C13H13N3O3/c1-8-6-16(13(19)15-12(8)18)7-9-4-2-3-5-10(9)11(14)17/h2-6H,7H2,1H3,(H2,14,17)(H,15,18,19). The number of carbonyl (C=O) groups is 1. The largest absolute Gasteiger partial charge is 0.366 e. The fourth-order valence-electron chi connectivity index (χ4n) is 1.82. The van der Waals surface area contributed by atoms with Gasteiger partial charge in [0.05, 0.1) is 6.54 Å². The number of nitrogens with zero attached hydrogens (tertiary/aromatic N) is 1. The Morgan fingerprint density at radius 3 is 2.68 bits per heavy atom. The highest BCUT2D eigenvalue weighted by atomic mass is 16.2. The molecule has 0 radical (unpaired) electrons. The molecule has 0 saturated carbocycles. The van der Waals surface area contributed by atoms with Gasteiger partial charge >= 0.3 is 5.69 Å². The van der Waals surface area contributed by atoms with Crippen LogP contribution in [0.4, 0.5) is 0 Å². The van der Waals surface area contributed by atoms with Gasteiger partial charge in [-0.3, -0.25) is 19.1 Å². The molecule has 3 N–H and O–H groups in total. The number of carbonyl (C=O) groups excluding carboxylic acids is 1. The Bertz CT molecular complexity index is 743. The fourth-order valence-corrected chi connectivity index (χ4v) is 1.82. The maximum atomic E-state index is 11.7. The van der Waals surface area contributed by atoms with Crippen molar-refractivity contribution >= 4 is 5.91 Å². The average molecular weight is 259 g/mol. The summed E-state index contributed by atoms with van der Waals surface area (Å²) in [7, 11) is 0. The van der Waals surface area contributed by atoms with E-state index in [1.54, 1.807) is 31.2 Å². The predicted molar refractivity (Wildman–Crippen MR) is 70.1 cm³/mol. The van der Waals surface area contributed by atoms with Crippen LogP contribution in [0, 0.1) is 6.92 Å². The number of aromatic amines is 1. The van der Waals surface area contributed by atoms with Crippen LogP contribution in [0.3, 0.4) is 0 Å². The van der Waals surface area contributed by atoms with Crippen LogP contribution in [0.25, 0.3) is 0 Å². The van der Waals surface area contributed by atoms with Crippen LogP contribution in [-0.2, 0) is 6.54 Å². The molecule has 1 aromatic heterocycles. The van der Waals surface area contributed by atoms with E-state index in [-0.39, 0.29) is 6.54 Å². The number of nitrogens with one attached hydrogen (secondary N) is 1. The topological polar surface area (TPSA) is 97.9 Å². The summed E-state index contributed by atoms with van der Waals surface area (Å²) in [4.78, 5) is 36.5. The number of hydrogen-bond acceptors (Lipinski definition) is 3. The first-order chi connectivity index (χ1) is 8.99. The van der Waals surface area contributed by atoms with E-state index in [4.69, 9.17) is 5.73 Å². The predicted octanol–water partition coefficient (Wildman–Crippen LogP) is -0.00778. The van der Waals surface area contributed by atoms with Gasteiger partial charge in [-0.1, -0.05) is 18.2 Å². The molecule has 1 aromatic carbocycles. The van der Waals surface area contributed by atoms with Crippen molar-refractivity contribution in [3.8, 4) is 0 Å². The zero-order valence-corrected chi connectivity index (χ0v) is 10.3. The summed E-state index contributed by atoms with van der Waals surface area (Å²) in [6, 6.07) is 6.77. The molecule has 6 nitrogen and oxygen atoms in total. The Morgan fingerprint density at radius 1 is 1.32 bits per heavy atom. The summed E-state index contributed by atoms with van der Waals surface area (Å²) in [6.07, 6.45) is 1.46.